The van der Waals surface area contributed by atoms with E-state index >= 15 is 0 Å². The summed E-state index contributed by atoms with van der Waals surface area (Å²) in [6, 6.07) is 20.0. The van der Waals surface area contributed by atoms with Crippen LogP contribution in [0.3, 0.4) is 0 Å². The Labute approximate surface area is 135 Å². The van der Waals surface area contributed by atoms with Crippen LogP contribution >= 0.6 is 11.6 Å². The average Bonchev–Trinajstić information content (AvgIpc) is 2.58. The highest BCUT2D eigenvalue weighted by molar-refractivity contribution is 6.30. The lowest BCUT2D eigenvalue weighted by molar-refractivity contribution is 0.763. The molecule has 110 valence electrons. The molecule has 3 rings (SSSR count). The quantitative estimate of drug-likeness (QED) is 0.702. The fourth-order valence-electron chi connectivity index (χ4n) is 2.27. The van der Waals surface area contributed by atoms with Crippen LogP contribution in [0.4, 0.5) is 5.95 Å². The van der Waals surface area contributed by atoms with E-state index in [1.807, 2.05) is 48.5 Å². The fourth-order valence-corrected chi connectivity index (χ4v) is 2.39. The van der Waals surface area contributed by atoms with Gasteiger partial charge in [0.2, 0.25) is 5.95 Å². The molecule has 3 nitrogen and oxygen atoms in total. The zero-order chi connectivity index (χ0) is 15.2. The number of nitrogens with zero attached hydrogens (tertiary/aromatic N) is 3. The maximum Gasteiger partial charge on any atom is 0.225 e. The Hall–Kier alpha value is -2.39. The van der Waals surface area contributed by atoms with Gasteiger partial charge < -0.3 is 4.90 Å². The van der Waals surface area contributed by atoms with Gasteiger partial charge in [-0.05, 0) is 29.3 Å². The van der Waals surface area contributed by atoms with Crippen molar-refractivity contribution < 1.29 is 0 Å². The second-order valence-corrected chi connectivity index (χ2v) is 5.45. The summed E-state index contributed by atoms with van der Waals surface area (Å²) in [5.41, 5.74) is 2.40. The van der Waals surface area contributed by atoms with E-state index in [1.165, 1.54) is 11.1 Å². The molecule has 0 saturated carbocycles. The van der Waals surface area contributed by atoms with Crippen molar-refractivity contribution in [1.82, 2.24) is 9.97 Å². The van der Waals surface area contributed by atoms with Gasteiger partial charge in [0.15, 0.2) is 0 Å². The molecule has 0 unspecified atom stereocenters. The Balaban J connectivity index is 1.84. The van der Waals surface area contributed by atoms with Gasteiger partial charge in [0.05, 0.1) is 0 Å². The molecule has 0 atom stereocenters. The molecule has 1 heterocycles. The molecule has 0 aliphatic heterocycles. The number of hydrogen-bond donors (Lipinski definition) is 0. The summed E-state index contributed by atoms with van der Waals surface area (Å²) >= 11 is 5.96. The first-order valence-electron chi connectivity index (χ1n) is 7.11. The predicted molar refractivity (Wildman–Crippen MR) is 89.8 cm³/mol. The minimum Gasteiger partial charge on any atom is -0.332 e. The van der Waals surface area contributed by atoms with Crippen LogP contribution in [0.25, 0.3) is 0 Å². The molecule has 0 aliphatic carbocycles. The molecule has 0 radical (unpaired) electrons. The molecule has 3 aromatic rings. The smallest absolute Gasteiger partial charge is 0.225 e. The molecule has 0 bridgehead atoms. The van der Waals surface area contributed by atoms with Crippen LogP contribution in [0.5, 0.6) is 0 Å². The third kappa shape index (κ3) is 3.83. The largest absolute Gasteiger partial charge is 0.332 e. The Morgan fingerprint density at radius 2 is 1.32 bits per heavy atom. The van der Waals surface area contributed by atoms with E-state index in [2.05, 4.69) is 27.0 Å². The van der Waals surface area contributed by atoms with E-state index in [0.29, 0.717) is 0 Å². The van der Waals surface area contributed by atoms with Crippen molar-refractivity contribution in [2.24, 2.45) is 0 Å². The Morgan fingerprint density at radius 3 is 1.95 bits per heavy atom. The van der Waals surface area contributed by atoms with Gasteiger partial charge in [-0.3, -0.25) is 0 Å². The lowest BCUT2D eigenvalue weighted by atomic mass is 10.2. The van der Waals surface area contributed by atoms with E-state index in [1.54, 1.807) is 12.4 Å². The van der Waals surface area contributed by atoms with Crippen LogP contribution in [-0.2, 0) is 13.1 Å². The summed E-state index contributed by atoms with van der Waals surface area (Å²) in [4.78, 5) is 10.9. The molecular weight excluding hydrogens is 294 g/mol. The van der Waals surface area contributed by atoms with Crippen LogP contribution in [-0.4, -0.2) is 9.97 Å². The summed E-state index contributed by atoms with van der Waals surface area (Å²) in [7, 11) is 0. The molecule has 22 heavy (non-hydrogen) atoms. The number of halogens is 1. The molecular formula is C18H16ClN3. The van der Waals surface area contributed by atoms with Crippen molar-refractivity contribution in [1.29, 1.82) is 0 Å². The number of aromatic nitrogens is 2. The Kier molecular flexibility index (Phi) is 4.66. The van der Waals surface area contributed by atoms with Crippen LogP contribution in [0, 0.1) is 0 Å². The van der Waals surface area contributed by atoms with E-state index in [-0.39, 0.29) is 0 Å². The zero-order valence-corrected chi connectivity index (χ0v) is 12.8. The lowest BCUT2D eigenvalue weighted by Crippen LogP contribution is -2.24. The van der Waals surface area contributed by atoms with Gasteiger partial charge in [0, 0.05) is 30.5 Å². The molecule has 0 fully saturated rings. The summed E-state index contributed by atoms with van der Waals surface area (Å²) in [6.45, 7) is 1.49. The molecule has 0 aliphatic rings. The molecule has 0 saturated heterocycles. The van der Waals surface area contributed by atoms with Gasteiger partial charge in [-0.25, -0.2) is 9.97 Å². The number of benzene rings is 2. The topological polar surface area (TPSA) is 29.0 Å². The van der Waals surface area contributed by atoms with Crippen LogP contribution in [0.2, 0.25) is 5.02 Å². The third-order valence-electron chi connectivity index (χ3n) is 3.34. The van der Waals surface area contributed by atoms with Crippen molar-refractivity contribution in [3.05, 3.63) is 89.2 Å². The minimum atomic E-state index is 0.723. The SMILES string of the molecule is Clc1ccc(CN(Cc2ccccc2)c2ncccn2)cc1. The van der Waals surface area contributed by atoms with E-state index in [9.17, 15) is 0 Å². The van der Waals surface area contributed by atoms with E-state index in [4.69, 9.17) is 11.6 Å². The third-order valence-corrected chi connectivity index (χ3v) is 3.59. The summed E-state index contributed by atoms with van der Waals surface area (Å²) < 4.78 is 0. The first kappa shape index (κ1) is 14.5. The highest BCUT2D eigenvalue weighted by Gasteiger charge is 2.10. The second kappa shape index (κ2) is 7.05. The van der Waals surface area contributed by atoms with Gasteiger partial charge in [-0.2, -0.15) is 0 Å². The number of rotatable bonds is 5. The fraction of sp³-hybridized carbons (Fsp3) is 0.111. The number of hydrogen-bond acceptors (Lipinski definition) is 3. The predicted octanol–water partition coefficient (Wildman–Crippen LogP) is 4.34. The van der Waals surface area contributed by atoms with Crippen LogP contribution < -0.4 is 4.90 Å². The Morgan fingerprint density at radius 1 is 0.727 bits per heavy atom. The molecule has 0 N–H and O–H groups in total. The van der Waals surface area contributed by atoms with E-state index < -0.39 is 0 Å². The molecule has 1 aromatic heterocycles. The maximum absolute atomic E-state index is 5.96. The first-order valence-corrected chi connectivity index (χ1v) is 7.49. The van der Waals surface area contributed by atoms with Gasteiger partial charge in [-0.15, -0.1) is 0 Å². The zero-order valence-electron chi connectivity index (χ0n) is 12.1. The van der Waals surface area contributed by atoms with Crippen molar-refractivity contribution >= 4 is 17.5 Å². The monoisotopic (exact) mass is 309 g/mol. The standard InChI is InChI=1S/C18H16ClN3/c19-17-9-7-16(8-10-17)14-22(18-20-11-4-12-21-18)13-15-5-2-1-3-6-15/h1-12H,13-14H2. The molecule has 4 heteroatoms. The average molecular weight is 310 g/mol. The summed E-state index contributed by atoms with van der Waals surface area (Å²) in [5, 5.41) is 0.745. The normalized spacial score (nSPS) is 10.4. The van der Waals surface area contributed by atoms with Crippen LogP contribution in [0.15, 0.2) is 73.1 Å². The van der Waals surface area contributed by atoms with Crippen molar-refractivity contribution in [2.75, 3.05) is 4.90 Å². The van der Waals surface area contributed by atoms with Crippen molar-refractivity contribution in [2.45, 2.75) is 13.1 Å². The summed E-state index contributed by atoms with van der Waals surface area (Å²) in [6.07, 6.45) is 3.53. The van der Waals surface area contributed by atoms with Gasteiger partial charge in [0.1, 0.15) is 0 Å². The van der Waals surface area contributed by atoms with Gasteiger partial charge in [0.25, 0.3) is 0 Å². The molecule has 0 amide bonds. The Bertz CT molecular complexity index is 699. The molecule has 2 aromatic carbocycles. The highest BCUT2D eigenvalue weighted by atomic mass is 35.5. The van der Waals surface area contributed by atoms with Crippen molar-refractivity contribution in [3.63, 3.8) is 0 Å². The van der Waals surface area contributed by atoms with E-state index in [0.717, 1.165) is 24.1 Å². The van der Waals surface area contributed by atoms with Crippen LogP contribution in [0.1, 0.15) is 11.1 Å². The maximum atomic E-state index is 5.96. The minimum absolute atomic E-state index is 0.723. The summed E-state index contributed by atoms with van der Waals surface area (Å²) in [5.74, 6) is 0.723. The first-order chi connectivity index (χ1) is 10.8. The highest BCUT2D eigenvalue weighted by Crippen LogP contribution is 2.17. The van der Waals surface area contributed by atoms with Gasteiger partial charge in [-0.1, -0.05) is 54.1 Å². The second-order valence-electron chi connectivity index (χ2n) is 5.02. The van der Waals surface area contributed by atoms with Crippen molar-refractivity contribution in [3.8, 4) is 0 Å². The molecule has 0 spiro atoms. The van der Waals surface area contributed by atoms with Gasteiger partial charge >= 0.3 is 0 Å². The number of anilines is 1. The lowest BCUT2D eigenvalue weighted by Gasteiger charge is -2.22.